The minimum absolute atomic E-state index is 0.609. The molecule has 0 aliphatic carbocycles. The molecule has 2 rings (SSSR count). The molecule has 0 spiro atoms. The van der Waals surface area contributed by atoms with Crippen LogP contribution in [0.3, 0.4) is 0 Å². The van der Waals surface area contributed by atoms with Crippen molar-refractivity contribution in [2.75, 3.05) is 20.2 Å². The zero-order chi connectivity index (χ0) is 15.2. The number of nitrogens with one attached hydrogen (secondary N) is 1. The summed E-state index contributed by atoms with van der Waals surface area (Å²) in [5.74, 6) is 1.38. The van der Waals surface area contributed by atoms with Crippen LogP contribution in [-0.4, -0.2) is 26.5 Å². The van der Waals surface area contributed by atoms with Gasteiger partial charge in [-0.1, -0.05) is 6.92 Å². The van der Waals surface area contributed by atoms with Gasteiger partial charge in [-0.2, -0.15) is 0 Å². The lowest BCUT2D eigenvalue weighted by molar-refractivity contribution is -0.107. The summed E-state index contributed by atoms with van der Waals surface area (Å²) in [6.45, 7) is 7.54. The lowest BCUT2D eigenvalue weighted by atomic mass is 9.84. The molecule has 1 aromatic heterocycles. The van der Waals surface area contributed by atoms with Crippen LogP contribution in [-0.2, 0) is 22.6 Å². The largest absolute Gasteiger partial charge is 0.380 e. The van der Waals surface area contributed by atoms with E-state index >= 15 is 0 Å². The second-order valence-corrected chi connectivity index (χ2v) is 7.14. The van der Waals surface area contributed by atoms with E-state index in [1.165, 1.54) is 33.7 Å². The number of thiophene rings is 1. The van der Waals surface area contributed by atoms with Gasteiger partial charge in [0.05, 0.1) is 6.61 Å². The number of methoxy groups -OCH3 is 1. The topological polar surface area (TPSA) is 38.3 Å². The molecule has 0 aromatic carbocycles. The highest BCUT2D eigenvalue weighted by molar-refractivity contribution is 7.12. The van der Waals surface area contributed by atoms with Crippen LogP contribution < -0.4 is 5.32 Å². The average Bonchev–Trinajstić information content (AvgIpc) is 2.82. The van der Waals surface area contributed by atoms with E-state index < -0.39 is 0 Å². The fraction of sp³-hybridized carbons (Fsp3) is 0.706. The predicted octanol–water partition coefficient (Wildman–Crippen LogP) is 3.44. The number of rotatable bonds is 7. The summed E-state index contributed by atoms with van der Waals surface area (Å²) in [6.07, 6.45) is 5.01. The van der Waals surface area contributed by atoms with E-state index in [2.05, 4.69) is 19.2 Å². The third-order valence-electron chi connectivity index (χ3n) is 4.67. The van der Waals surface area contributed by atoms with Crippen molar-refractivity contribution in [3.8, 4) is 0 Å². The van der Waals surface area contributed by atoms with Gasteiger partial charge < -0.3 is 14.8 Å². The molecule has 0 unspecified atom stereocenters. The Morgan fingerprint density at radius 1 is 1.43 bits per heavy atom. The SMILES string of the molecule is COCc1c(CCC=O)sc([C@H](C)C2CCNCC2)c1C. The van der Waals surface area contributed by atoms with Gasteiger partial charge >= 0.3 is 0 Å². The molecular formula is C17H27NO2S. The van der Waals surface area contributed by atoms with Crippen molar-refractivity contribution in [1.29, 1.82) is 0 Å². The first-order valence-corrected chi connectivity index (χ1v) is 8.75. The number of piperidine rings is 1. The van der Waals surface area contributed by atoms with Crippen molar-refractivity contribution < 1.29 is 9.53 Å². The van der Waals surface area contributed by atoms with Crippen molar-refractivity contribution in [2.45, 2.75) is 52.1 Å². The Morgan fingerprint density at radius 3 is 2.76 bits per heavy atom. The zero-order valence-corrected chi connectivity index (χ0v) is 14.2. The van der Waals surface area contributed by atoms with Crippen molar-refractivity contribution in [1.82, 2.24) is 5.32 Å². The molecule has 0 saturated carbocycles. The van der Waals surface area contributed by atoms with Crippen LogP contribution in [0.15, 0.2) is 0 Å². The van der Waals surface area contributed by atoms with Gasteiger partial charge in [-0.05, 0) is 62.2 Å². The van der Waals surface area contributed by atoms with Crippen LogP contribution in [0.5, 0.6) is 0 Å². The molecule has 0 amide bonds. The molecule has 1 atom stereocenters. The summed E-state index contributed by atoms with van der Waals surface area (Å²) < 4.78 is 5.38. The molecule has 118 valence electrons. The van der Waals surface area contributed by atoms with Gasteiger partial charge in [0, 0.05) is 23.3 Å². The lowest BCUT2D eigenvalue weighted by Gasteiger charge is -2.28. The van der Waals surface area contributed by atoms with Crippen molar-refractivity contribution in [2.24, 2.45) is 5.92 Å². The fourth-order valence-electron chi connectivity index (χ4n) is 3.35. The van der Waals surface area contributed by atoms with Gasteiger partial charge in [-0.3, -0.25) is 0 Å². The molecule has 21 heavy (non-hydrogen) atoms. The number of hydrogen-bond acceptors (Lipinski definition) is 4. The predicted molar refractivity (Wildman–Crippen MR) is 88.2 cm³/mol. The Morgan fingerprint density at radius 2 is 2.14 bits per heavy atom. The molecule has 1 aromatic rings. The fourth-order valence-corrected chi connectivity index (χ4v) is 4.82. The molecule has 1 fully saturated rings. The summed E-state index contributed by atoms with van der Waals surface area (Å²) in [4.78, 5) is 13.5. The Labute approximate surface area is 132 Å². The Hall–Kier alpha value is -0.710. The molecule has 1 saturated heterocycles. The monoisotopic (exact) mass is 309 g/mol. The number of aldehydes is 1. The second kappa shape index (κ2) is 8.06. The maximum Gasteiger partial charge on any atom is 0.120 e. The van der Waals surface area contributed by atoms with Crippen LogP contribution in [0.4, 0.5) is 0 Å². The average molecular weight is 309 g/mol. The van der Waals surface area contributed by atoms with E-state index in [4.69, 9.17) is 4.74 Å². The Kier molecular flexibility index (Phi) is 6.40. The molecule has 3 nitrogen and oxygen atoms in total. The van der Waals surface area contributed by atoms with Gasteiger partial charge in [-0.25, -0.2) is 0 Å². The standard InChI is InChI=1S/C17H27NO2S/c1-12(14-6-8-18-9-7-14)17-13(2)15(11-20-3)16(21-17)5-4-10-19/h10,12,14,18H,4-9,11H2,1-3H3/t12-/m1/s1. The van der Waals surface area contributed by atoms with Crippen molar-refractivity contribution in [3.63, 3.8) is 0 Å². The molecule has 2 heterocycles. The van der Waals surface area contributed by atoms with Crippen LogP contribution >= 0.6 is 11.3 Å². The van der Waals surface area contributed by atoms with Crippen LogP contribution in [0.2, 0.25) is 0 Å². The molecule has 0 radical (unpaired) electrons. The quantitative estimate of drug-likeness (QED) is 0.784. The molecule has 4 heteroatoms. The third-order valence-corrected chi connectivity index (χ3v) is 6.27. The second-order valence-electron chi connectivity index (χ2n) is 6.01. The molecular weight excluding hydrogens is 282 g/mol. The minimum Gasteiger partial charge on any atom is -0.380 e. The lowest BCUT2D eigenvalue weighted by Crippen LogP contribution is -2.30. The minimum atomic E-state index is 0.609. The smallest absolute Gasteiger partial charge is 0.120 e. The van der Waals surface area contributed by atoms with Gasteiger partial charge in [0.25, 0.3) is 0 Å². The van der Waals surface area contributed by atoms with Crippen molar-refractivity contribution >= 4 is 17.6 Å². The normalized spacial score (nSPS) is 17.9. The van der Waals surface area contributed by atoms with Gasteiger partial charge in [-0.15, -0.1) is 11.3 Å². The van der Waals surface area contributed by atoms with E-state index in [1.54, 1.807) is 7.11 Å². The maximum absolute atomic E-state index is 10.7. The number of carbonyl (C=O) groups excluding carboxylic acids is 1. The highest BCUT2D eigenvalue weighted by atomic mass is 32.1. The number of carbonyl (C=O) groups is 1. The van der Waals surface area contributed by atoms with E-state index in [0.717, 1.165) is 31.7 Å². The first-order valence-electron chi connectivity index (χ1n) is 7.93. The number of hydrogen-bond donors (Lipinski definition) is 1. The molecule has 0 bridgehead atoms. The molecule has 1 N–H and O–H groups in total. The van der Waals surface area contributed by atoms with E-state index in [-0.39, 0.29) is 0 Å². The summed E-state index contributed by atoms with van der Waals surface area (Å²) in [5.41, 5.74) is 2.72. The van der Waals surface area contributed by atoms with Crippen LogP contribution in [0, 0.1) is 12.8 Å². The number of ether oxygens (including phenoxy) is 1. The van der Waals surface area contributed by atoms with Gasteiger partial charge in [0.2, 0.25) is 0 Å². The van der Waals surface area contributed by atoms with Crippen LogP contribution in [0.25, 0.3) is 0 Å². The summed E-state index contributed by atoms with van der Waals surface area (Å²) in [6, 6.07) is 0. The zero-order valence-electron chi connectivity index (χ0n) is 13.4. The first-order chi connectivity index (χ1) is 10.2. The Balaban J connectivity index is 2.22. The summed E-state index contributed by atoms with van der Waals surface area (Å²) in [5, 5.41) is 3.45. The van der Waals surface area contributed by atoms with Crippen molar-refractivity contribution in [3.05, 3.63) is 20.9 Å². The molecule has 1 aliphatic heterocycles. The Bertz CT molecular complexity index is 464. The van der Waals surface area contributed by atoms with Crippen LogP contribution in [0.1, 0.15) is 53.0 Å². The van der Waals surface area contributed by atoms with E-state index in [9.17, 15) is 4.79 Å². The highest BCUT2D eigenvalue weighted by Gasteiger charge is 2.26. The maximum atomic E-state index is 10.7. The van der Waals surface area contributed by atoms with Gasteiger partial charge in [0.15, 0.2) is 0 Å². The molecule has 1 aliphatic rings. The van der Waals surface area contributed by atoms with E-state index in [0.29, 0.717) is 18.9 Å². The summed E-state index contributed by atoms with van der Waals surface area (Å²) >= 11 is 1.91. The first kappa shape index (κ1) is 16.7. The van der Waals surface area contributed by atoms with Gasteiger partial charge in [0.1, 0.15) is 6.29 Å². The highest BCUT2D eigenvalue weighted by Crippen LogP contribution is 2.40. The number of aryl methyl sites for hydroxylation is 1. The summed E-state index contributed by atoms with van der Waals surface area (Å²) in [7, 11) is 1.75. The third kappa shape index (κ3) is 3.93. The van der Waals surface area contributed by atoms with E-state index in [1.807, 2.05) is 11.3 Å².